The predicted molar refractivity (Wildman–Crippen MR) is 99.8 cm³/mol. The van der Waals surface area contributed by atoms with E-state index in [1.807, 2.05) is 0 Å². The first-order chi connectivity index (χ1) is 11.1. The topological polar surface area (TPSA) is 23.5 Å². The summed E-state index contributed by atoms with van der Waals surface area (Å²) in [6.45, 7) is 16.4. The van der Waals surface area contributed by atoms with Gasteiger partial charge in [0.25, 0.3) is 0 Å². The van der Waals surface area contributed by atoms with Crippen LogP contribution in [0.3, 0.4) is 0 Å². The van der Waals surface area contributed by atoms with Crippen LogP contribution in [0.1, 0.15) is 80.1 Å². The number of aliphatic hydroxyl groups excluding tert-OH is 1. The molecule has 2 nitrogen and oxygen atoms in total. The molecule has 6 unspecified atom stereocenters. The molecule has 0 aliphatic heterocycles. The molecule has 4 aliphatic rings. The van der Waals surface area contributed by atoms with Crippen molar-refractivity contribution in [2.75, 3.05) is 13.2 Å². The highest BCUT2D eigenvalue weighted by Crippen LogP contribution is 2.70. The molecule has 4 saturated carbocycles. The number of rotatable bonds is 4. The van der Waals surface area contributed by atoms with Gasteiger partial charge in [-0.25, -0.2) is 0 Å². The molecule has 4 fully saturated rings. The molecule has 0 aromatic carbocycles. The Hall–Kier alpha value is -0.0800. The van der Waals surface area contributed by atoms with Crippen molar-refractivity contribution in [2.45, 2.75) is 92.2 Å². The van der Waals surface area contributed by atoms with Crippen molar-refractivity contribution >= 4 is 0 Å². The van der Waals surface area contributed by atoms with Crippen molar-refractivity contribution < 1.29 is 5.11 Å². The van der Waals surface area contributed by atoms with Gasteiger partial charge in [0.2, 0.25) is 0 Å². The van der Waals surface area contributed by atoms with E-state index in [9.17, 15) is 5.11 Å². The highest BCUT2D eigenvalue weighted by atomic mass is 16.3. The summed E-state index contributed by atoms with van der Waals surface area (Å²) in [4.78, 5) is 2.82. The number of hydrogen-bond acceptors (Lipinski definition) is 2. The molecule has 0 aromatic heterocycles. The van der Waals surface area contributed by atoms with Gasteiger partial charge in [-0.3, -0.25) is 4.90 Å². The predicted octanol–water partition coefficient (Wildman–Crippen LogP) is 4.71. The van der Waals surface area contributed by atoms with Crippen LogP contribution in [0.5, 0.6) is 0 Å². The van der Waals surface area contributed by atoms with E-state index in [4.69, 9.17) is 0 Å². The molecule has 0 saturated heterocycles. The summed E-state index contributed by atoms with van der Waals surface area (Å²) in [7, 11) is 0. The highest BCUT2D eigenvalue weighted by molar-refractivity contribution is 5.18. The molecule has 138 valence electrons. The van der Waals surface area contributed by atoms with Crippen molar-refractivity contribution in [3.8, 4) is 0 Å². The molecule has 0 spiro atoms. The molecule has 0 heterocycles. The Morgan fingerprint density at radius 2 is 1.21 bits per heavy atom. The van der Waals surface area contributed by atoms with E-state index >= 15 is 0 Å². The standard InChI is InChI=1S/C22H39NO/c1-19(2)15-7-9-21(19,5)17(13-15)23(11-12-24)18-14-16-8-10-22(18,6)20(16,3)4/h15-18,24H,7-14H2,1-6H3. The lowest BCUT2D eigenvalue weighted by atomic mass is 9.66. The van der Waals surface area contributed by atoms with Crippen LogP contribution in [0.25, 0.3) is 0 Å². The summed E-state index contributed by atoms with van der Waals surface area (Å²) >= 11 is 0. The molecule has 4 rings (SSSR count). The Kier molecular flexibility index (Phi) is 3.61. The first-order valence-corrected chi connectivity index (χ1v) is 10.5. The summed E-state index contributed by atoms with van der Waals surface area (Å²) in [5.74, 6) is 1.76. The maximum atomic E-state index is 9.88. The molecule has 0 aromatic rings. The van der Waals surface area contributed by atoms with Crippen molar-refractivity contribution in [3.63, 3.8) is 0 Å². The Morgan fingerprint density at radius 3 is 1.46 bits per heavy atom. The van der Waals surface area contributed by atoms with Gasteiger partial charge in [-0.15, -0.1) is 0 Å². The van der Waals surface area contributed by atoms with Crippen LogP contribution in [-0.4, -0.2) is 35.2 Å². The zero-order valence-corrected chi connectivity index (χ0v) is 16.9. The number of aliphatic hydroxyl groups is 1. The Balaban J connectivity index is 1.68. The van der Waals surface area contributed by atoms with Crippen LogP contribution < -0.4 is 0 Å². The maximum Gasteiger partial charge on any atom is 0.0558 e. The molecule has 4 aliphatic carbocycles. The summed E-state index contributed by atoms with van der Waals surface area (Å²) in [6, 6.07) is 1.35. The first-order valence-electron chi connectivity index (χ1n) is 10.5. The van der Waals surface area contributed by atoms with Crippen molar-refractivity contribution in [1.82, 2.24) is 4.90 Å². The average molecular weight is 334 g/mol. The molecule has 0 amide bonds. The van der Waals surface area contributed by atoms with Gasteiger partial charge in [-0.1, -0.05) is 41.5 Å². The third-order valence-corrected chi connectivity index (χ3v) is 10.7. The average Bonchev–Trinajstić information content (AvgIpc) is 3.03. The van der Waals surface area contributed by atoms with Gasteiger partial charge < -0.3 is 5.11 Å². The van der Waals surface area contributed by atoms with Crippen LogP contribution in [-0.2, 0) is 0 Å². The Labute approximate surface area is 149 Å². The zero-order chi connectivity index (χ0) is 17.5. The minimum atomic E-state index is 0.315. The lowest BCUT2D eigenvalue weighted by Crippen LogP contribution is -2.57. The van der Waals surface area contributed by atoms with E-state index in [1.54, 1.807) is 0 Å². The van der Waals surface area contributed by atoms with E-state index in [1.165, 1.54) is 38.5 Å². The Bertz CT molecular complexity index is 482. The minimum Gasteiger partial charge on any atom is -0.395 e. The van der Waals surface area contributed by atoms with Gasteiger partial charge in [0.05, 0.1) is 6.61 Å². The van der Waals surface area contributed by atoms with Crippen LogP contribution in [0.2, 0.25) is 0 Å². The summed E-state index contributed by atoms with van der Waals surface area (Å²) in [5, 5.41) is 9.88. The van der Waals surface area contributed by atoms with E-state index in [0.29, 0.717) is 40.4 Å². The van der Waals surface area contributed by atoms with E-state index in [2.05, 4.69) is 46.4 Å². The van der Waals surface area contributed by atoms with E-state index < -0.39 is 0 Å². The summed E-state index contributed by atoms with van der Waals surface area (Å²) in [6.07, 6.45) is 8.33. The smallest absolute Gasteiger partial charge is 0.0558 e. The fourth-order valence-electron chi connectivity index (χ4n) is 7.97. The molecule has 24 heavy (non-hydrogen) atoms. The molecular formula is C22H39NO. The van der Waals surface area contributed by atoms with Gasteiger partial charge in [0.1, 0.15) is 0 Å². The van der Waals surface area contributed by atoms with Gasteiger partial charge in [0.15, 0.2) is 0 Å². The lowest BCUT2D eigenvalue weighted by Gasteiger charge is -2.52. The largest absolute Gasteiger partial charge is 0.395 e. The van der Waals surface area contributed by atoms with Gasteiger partial charge in [0, 0.05) is 18.6 Å². The van der Waals surface area contributed by atoms with E-state index in [-0.39, 0.29) is 0 Å². The fraction of sp³-hybridized carbons (Fsp3) is 1.00. The highest BCUT2D eigenvalue weighted by Gasteiger charge is 2.67. The number of fused-ring (bicyclic) bond motifs is 4. The van der Waals surface area contributed by atoms with Gasteiger partial charge in [-0.05, 0) is 72.0 Å². The molecule has 6 atom stereocenters. The molecule has 4 bridgehead atoms. The van der Waals surface area contributed by atoms with Crippen LogP contribution >= 0.6 is 0 Å². The SMILES string of the molecule is CC1(C)C2CCC1(C)C(N(CCO)C1CC3CCC1(C)C3(C)C)C2. The monoisotopic (exact) mass is 333 g/mol. The van der Waals surface area contributed by atoms with Crippen molar-refractivity contribution in [1.29, 1.82) is 0 Å². The number of nitrogens with zero attached hydrogens (tertiary/aromatic N) is 1. The molecular weight excluding hydrogens is 294 g/mol. The molecule has 0 radical (unpaired) electrons. The molecule has 2 heteroatoms. The van der Waals surface area contributed by atoms with E-state index in [0.717, 1.165) is 18.4 Å². The Morgan fingerprint density at radius 1 is 0.792 bits per heavy atom. The normalized spacial score (nSPS) is 51.0. The quantitative estimate of drug-likeness (QED) is 0.805. The third kappa shape index (κ3) is 1.80. The minimum absolute atomic E-state index is 0.315. The second-order valence-electron chi connectivity index (χ2n) is 11.2. The summed E-state index contributed by atoms with van der Waals surface area (Å²) < 4.78 is 0. The fourth-order valence-corrected chi connectivity index (χ4v) is 7.97. The lowest BCUT2D eigenvalue weighted by molar-refractivity contribution is -0.0407. The van der Waals surface area contributed by atoms with Crippen molar-refractivity contribution in [3.05, 3.63) is 0 Å². The van der Waals surface area contributed by atoms with Gasteiger partial charge in [-0.2, -0.15) is 0 Å². The van der Waals surface area contributed by atoms with Gasteiger partial charge >= 0.3 is 0 Å². The second-order valence-corrected chi connectivity index (χ2v) is 11.2. The van der Waals surface area contributed by atoms with Crippen LogP contribution in [0.4, 0.5) is 0 Å². The second kappa shape index (κ2) is 5.00. The van der Waals surface area contributed by atoms with Crippen LogP contribution in [0, 0.1) is 33.5 Å². The zero-order valence-electron chi connectivity index (χ0n) is 16.9. The molecule has 1 N–H and O–H groups in total. The number of hydrogen-bond donors (Lipinski definition) is 1. The summed E-state index contributed by atoms with van der Waals surface area (Å²) in [5.41, 5.74) is 1.77. The maximum absolute atomic E-state index is 9.88. The van der Waals surface area contributed by atoms with Crippen molar-refractivity contribution in [2.24, 2.45) is 33.5 Å². The van der Waals surface area contributed by atoms with Crippen LogP contribution in [0.15, 0.2) is 0 Å². The first kappa shape index (κ1) is 17.3. The third-order valence-electron chi connectivity index (χ3n) is 10.7.